The van der Waals surface area contributed by atoms with E-state index in [0.29, 0.717) is 5.88 Å². The molecule has 2 aromatic heterocycles. The van der Waals surface area contributed by atoms with Crippen LogP contribution in [0.2, 0.25) is 0 Å². The summed E-state index contributed by atoms with van der Waals surface area (Å²) in [7, 11) is 0. The van der Waals surface area contributed by atoms with Gasteiger partial charge in [0.15, 0.2) is 0 Å². The molecule has 2 atom stereocenters. The van der Waals surface area contributed by atoms with E-state index >= 15 is 0 Å². The average molecular weight is 253 g/mol. The first-order chi connectivity index (χ1) is 9.22. The fourth-order valence-electron chi connectivity index (χ4n) is 2.41. The molecule has 19 heavy (non-hydrogen) atoms. The van der Waals surface area contributed by atoms with E-state index in [-0.39, 0.29) is 11.8 Å². The van der Waals surface area contributed by atoms with E-state index in [4.69, 9.17) is 10.1 Å². The van der Waals surface area contributed by atoms with Crippen molar-refractivity contribution >= 4 is 5.90 Å². The molecule has 6 heteroatoms. The summed E-state index contributed by atoms with van der Waals surface area (Å²) in [5, 5.41) is 24.1. The third kappa shape index (κ3) is 1.67. The molecule has 0 spiro atoms. The van der Waals surface area contributed by atoms with Gasteiger partial charge in [-0.05, 0) is 24.6 Å². The Hall–Kier alpha value is -2.68. The van der Waals surface area contributed by atoms with Crippen LogP contribution in [0, 0.1) is 29.6 Å². The van der Waals surface area contributed by atoms with Gasteiger partial charge >= 0.3 is 0 Å². The Balaban J connectivity index is 2.21. The molecule has 6 nitrogen and oxygen atoms in total. The molecule has 1 aliphatic heterocycles. The van der Waals surface area contributed by atoms with Crippen LogP contribution in [0.15, 0.2) is 24.5 Å². The lowest BCUT2D eigenvalue weighted by molar-refractivity contribution is 0.436. The number of pyridine rings is 1. The van der Waals surface area contributed by atoms with Crippen molar-refractivity contribution in [2.75, 3.05) is 0 Å². The summed E-state index contributed by atoms with van der Waals surface area (Å²) in [5.74, 6) is -0.576. The highest BCUT2D eigenvalue weighted by molar-refractivity contribution is 5.84. The summed E-state index contributed by atoms with van der Waals surface area (Å²) in [6.45, 7) is 1.88. The Kier molecular flexibility index (Phi) is 2.53. The fraction of sp³-hybridized carbons (Fsp3) is 0.231. The zero-order valence-corrected chi connectivity index (χ0v) is 10.2. The van der Waals surface area contributed by atoms with Crippen molar-refractivity contribution in [2.45, 2.75) is 12.8 Å². The first kappa shape index (κ1) is 11.4. The van der Waals surface area contributed by atoms with Crippen LogP contribution < -0.4 is 4.74 Å². The summed E-state index contributed by atoms with van der Waals surface area (Å²) >= 11 is 0. The number of ether oxygens (including phenoxy) is 1. The Labute approximate surface area is 109 Å². The van der Waals surface area contributed by atoms with Gasteiger partial charge in [0, 0.05) is 29.6 Å². The Bertz CT molecular complexity index is 670. The number of nitrogens with one attached hydrogen (secondary N) is 2. The van der Waals surface area contributed by atoms with Crippen LogP contribution in [0.3, 0.4) is 0 Å². The minimum absolute atomic E-state index is 0.0664. The van der Waals surface area contributed by atoms with E-state index in [2.05, 4.69) is 21.3 Å². The molecule has 2 aromatic rings. The van der Waals surface area contributed by atoms with Gasteiger partial charge in [-0.15, -0.1) is 5.10 Å². The number of H-pyrrole nitrogens is 1. The molecule has 0 aromatic carbocycles. The number of aromatic amines is 1. The lowest BCUT2D eigenvalue weighted by atomic mass is 9.80. The third-order valence-corrected chi connectivity index (χ3v) is 3.30. The fourth-order valence-corrected chi connectivity index (χ4v) is 2.41. The summed E-state index contributed by atoms with van der Waals surface area (Å²) in [6, 6.07) is 5.85. The lowest BCUT2D eigenvalue weighted by Crippen LogP contribution is -2.30. The number of nitrogens with zero attached hydrogens (tertiary/aromatic N) is 3. The van der Waals surface area contributed by atoms with Crippen LogP contribution in [0.25, 0.3) is 0 Å². The standard InChI is InChI=1S/C13H11N5O/c1-7-10-11(8-2-4-16-5-3-8)9(6-14)12(15)19-13(10)18-17-7/h2-5,9,11,15H,1H3,(H,17,18). The van der Waals surface area contributed by atoms with E-state index in [1.54, 1.807) is 12.4 Å². The maximum atomic E-state index is 9.33. The maximum Gasteiger partial charge on any atom is 0.243 e. The van der Waals surface area contributed by atoms with Gasteiger partial charge in [0.1, 0.15) is 5.92 Å². The van der Waals surface area contributed by atoms with Crippen molar-refractivity contribution < 1.29 is 4.74 Å². The van der Waals surface area contributed by atoms with Crippen molar-refractivity contribution in [3.63, 3.8) is 0 Å². The van der Waals surface area contributed by atoms with Gasteiger partial charge in [0.05, 0.1) is 6.07 Å². The van der Waals surface area contributed by atoms with Gasteiger partial charge in [-0.1, -0.05) is 0 Å². The maximum absolute atomic E-state index is 9.33. The van der Waals surface area contributed by atoms with Crippen LogP contribution in [0.5, 0.6) is 5.88 Å². The van der Waals surface area contributed by atoms with Gasteiger partial charge in [-0.25, -0.2) is 0 Å². The first-order valence-electron chi connectivity index (χ1n) is 5.83. The molecule has 0 bridgehead atoms. The van der Waals surface area contributed by atoms with Crippen molar-refractivity contribution in [3.05, 3.63) is 41.3 Å². The molecule has 1 aliphatic rings. The molecule has 2 unspecified atom stereocenters. The number of aromatic nitrogens is 3. The highest BCUT2D eigenvalue weighted by Gasteiger charge is 2.39. The summed E-state index contributed by atoms with van der Waals surface area (Å²) in [6.07, 6.45) is 3.36. The van der Waals surface area contributed by atoms with Crippen LogP contribution in [-0.2, 0) is 0 Å². The number of rotatable bonds is 1. The summed E-state index contributed by atoms with van der Waals surface area (Å²) < 4.78 is 5.31. The number of aryl methyl sites for hydroxylation is 1. The van der Waals surface area contributed by atoms with Crippen molar-refractivity contribution in [1.82, 2.24) is 15.2 Å². The van der Waals surface area contributed by atoms with Crippen LogP contribution >= 0.6 is 0 Å². The Morgan fingerprint density at radius 2 is 2.16 bits per heavy atom. The topological polar surface area (TPSA) is 98.4 Å². The second-order valence-electron chi connectivity index (χ2n) is 4.40. The molecule has 2 N–H and O–H groups in total. The molecule has 0 amide bonds. The molecule has 0 aliphatic carbocycles. The van der Waals surface area contributed by atoms with Gasteiger partial charge < -0.3 is 4.74 Å². The monoisotopic (exact) mass is 253 g/mol. The summed E-state index contributed by atoms with van der Waals surface area (Å²) in [5.41, 5.74) is 2.62. The summed E-state index contributed by atoms with van der Waals surface area (Å²) in [4.78, 5) is 3.98. The second kappa shape index (κ2) is 4.21. The Morgan fingerprint density at radius 3 is 2.84 bits per heavy atom. The number of nitriles is 1. The first-order valence-corrected chi connectivity index (χ1v) is 5.83. The highest BCUT2D eigenvalue weighted by atomic mass is 16.5. The minimum atomic E-state index is -0.647. The van der Waals surface area contributed by atoms with Crippen LogP contribution in [-0.4, -0.2) is 21.1 Å². The molecular weight excluding hydrogens is 242 g/mol. The van der Waals surface area contributed by atoms with Gasteiger partial charge in [0.25, 0.3) is 0 Å². The van der Waals surface area contributed by atoms with Gasteiger partial charge in [-0.2, -0.15) is 5.26 Å². The Morgan fingerprint density at radius 1 is 1.42 bits per heavy atom. The van der Waals surface area contributed by atoms with E-state index in [1.165, 1.54) is 0 Å². The van der Waals surface area contributed by atoms with Crippen molar-refractivity contribution in [3.8, 4) is 11.9 Å². The zero-order chi connectivity index (χ0) is 13.4. The largest absolute Gasteiger partial charge is 0.422 e. The number of hydrogen-bond acceptors (Lipinski definition) is 5. The van der Waals surface area contributed by atoms with E-state index in [0.717, 1.165) is 16.8 Å². The van der Waals surface area contributed by atoms with Gasteiger partial charge in [-0.3, -0.25) is 15.5 Å². The number of hydrogen-bond donors (Lipinski definition) is 2. The average Bonchev–Trinajstić information content (AvgIpc) is 2.79. The van der Waals surface area contributed by atoms with E-state index < -0.39 is 5.92 Å². The predicted octanol–water partition coefficient (Wildman–Crippen LogP) is 1.75. The molecular formula is C13H11N5O. The molecule has 0 fully saturated rings. The SMILES string of the molecule is Cc1[nH]nc2c1C(c1ccncc1)C(C#N)C(=N)O2. The van der Waals surface area contributed by atoms with Crippen LogP contribution in [0.4, 0.5) is 0 Å². The quantitative estimate of drug-likeness (QED) is 0.808. The zero-order valence-electron chi connectivity index (χ0n) is 10.2. The van der Waals surface area contributed by atoms with E-state index in [1.807, 2.05) is 19.1 Å². The third-order valence-electron chi connectivity index (χ3n) is 3.30. The van der Waals surface area contributed by atoms with Crippen molar-refractivity contribution in [1.29, 1.82) is 10.7 Å². The smallest absolute Gasteiger partial charge is 0.243 e. The molecule has 3 rings (SSSR count). The van der Waals surface area contributed by atoms with Crippen LogP contribution in [0.1, 0.15) is 22.7 Å². The molecule has 0 radical (unpaired) electrons. The molecule has 0 saturated carbocycles. The van der Waals surface area contributed by atoms with E-state index in [9.17, 15) is 5.26 Å². The number of fused-ring (bicyclic) bond motifs is 1. The minimum Gasteiger partial charge on any atom is -0.422 e. The van der Waals surface area contributed by atoms with Gasteiger partial charge in [0.2, 0.25) is 11.8 Å². The molecule has 0 saturated heterocycles. The predicted molar refractivity (Wildman–Crippen MR) is 66.9 cm³/mol. The molecule has 3 heterocycles. The lowest BCUT2D eigenvalue weighted by Gasteiger charge is -2.27. The van der Waals surface area contributed by atoms with Crippen molar-refractivity contribution in [2.24, 2.45) is 5.92 Å². The second-order valence-corrected chi connectivity index (χ2v) is 4.40. The normalized spacial score (nSPS) is 21.4. The highest BCUT2D eigenvalue weighted by Crippen LogP contribution is 2.42. The molecule has 94 valence electrons.